The van der Waals surface area contributed by atoms with Crippen LogP contribution in [-0.2, 0) is 11.2 Å². The van der Waals surface area contributed by atoms with Crippen LogP contribution in [0.1, 0.15) is 5.56 Å². The van der Waals surface area contributed by atoms with Gasteiger partial charge >= 0.3 is 0 Å². The lowest BCUT2D eigenvalue weighted by molar-refractivity contribution is -0.115. The van der Waals surface area contributed by atoms with E-state index in [1.165, 1.54) is 18.2 Å². The van der Waals surface area contributed by atoms with Crippen LogP contribution < -0.4 is 10.6 Å². The quantitative estimate of drug-likeness (QED) is 0.806. The third-order valence-corrected chi connectivity index (χ3v) is 2.99. The molecule has 1 amide bonds. The summed E-state index contributed by atoms with van der Waals surface area (Å²) in [5, 5.41) is 5.38. The van der Waals surface area contributed by atoms with Gasteiger partial charge in [0.15, 0.2) is 11.6 Å². The number of hydrogen-bond acceptors (Lipinski definition) is 2. The maximum Gasteiger partial charge on any atom is 0.238 e. The number of halogens is 3. The van der Waals surface area contributed by atoms with E-state index in [2.05, 4.69) is 10.6 Å². The molecule has 0 atom stereocenters. The number of anilines is 1. The third-order valence-electron chi connectivity index (χ3n) is 2.99. The summed E-state index contributed by atoms with van der Waals surface area (Å²) < 4.78 is 38.5. The van der Waals surface area contributed by atoms with Gasteiger partial charge < -0.3 is 10.6 Å². The van der Waals surface area contributed by atoms with Crippen molar-refractivity contribution in [3.8, 4) is 0 Å². The molecular weight excluding hydrogens is 293 g/mol. The molecule has 6 heteroatoms. The van der Waals surface area contributed by atoms with Crippen LogP contribution in [0.15, 0.2) is 42.5 Å². The van der Waals surface area contributed by atoms with Crippen LogP contribution >= 0.6 is 0 Å². The van der Waals surface area contributed by atoms with E-state index in [9.17, 15) is 18.0 Å². The van der Waals surface area contributed by atoms with E-state index in [1.807, 2.05) is 0 Å². The van der Waals surface area contributed by atoms with Crippen LogP contribution in [0.25, 0.3) is 0 Å². The van der Waals surface area contributed by atoms with Crippen LogP contribution in [0.4, 0.5) is 18.9 Å². The highest BCUT2D eigenvalue weighted by Gasteiger charge is 2.06. The Hall–Kier alpha value is -2.34. The van der Waals surface area contributed by atoms with Gasteiger partial charge in [-0.1, -0.05) is 12.1 Å². The first-order valence-electron chi connectivity index (χ1n) is 6.74. The van der Waals surface area contributed by atoms with Crippen molar-refractivity contribution in [1.82, 2.24) is 5.32 Å². The van der Waals surface area contributed by atoms with Gasteiger partial charge in [0, 0.05) is 11.8 Å². The number of amides is 1. The van der Waals surface area contributed by atoms with E-state index in [-0.39, 0.29) is 24.0 Å². The van der Waals surface area contributed by atoms with Crippen molar-refractivity contribution in [3.05, 3.63) is 65.5 Å². The molecule has 0 bridgehead atoms. The monoisotopic (exact) mass is 308 g/mol. The molecule has 0 radical (unpaired) electrons. The molecule has 0 fully saturated rings. The summed E-state index contributed by atoms with van der Waals surface area (Å²) in [5.74, 6) is -2.62. The Labute approximate surface area is 126 Å². The summed E-state index contributed by atoms with van der Waals surface area (Å²) in [7, 11) is 0. The van der Waals surface area contributed by atoms with Crippen molar-refractivity contribution >= 4 is 11.6 Å². The Morgan fingerprint density at radius 1 is 0.955 bits per heavy atom. The largest absolute Gasteiger partial charge is 0.325 e. The predicted octanol–water partition coefficient (Wildman–Crippen LogP) is 2.87. The van der Waals surface area contributed by atoms with Crippen LogP contribution in [0.5, 0.6) is 0 Å². The normalized spacial score (nSPS) is 10.5. The molecule has 116 valence electrons. The summed E-state index contributed by atoms with van der Waals surface area (Å²) in [5.41, 5.74) is 1.15. The van der Waals surface area contributed by atoms with E-state index in [0.717, 1.165) is 17.7 Å². The van der Waals surface area contributed by atoms with Gasteiger partial charge in [-0.25, -0.2) is 13.2 Å². The Balaban J connectivity index is 1.71. The van der Waals surface area contributed by atoms with Crippen LogP contribution in [0.3, 0.4) is 0 Å². The first kappa shape index (κ1) is 16.0. The molecule has 2 aromatic rings. The summed E-state index contributed by atoms with van der Waals surface area (Å²) in [4.78, 5) is 11.6. The Morgan fingerprint density at radius 2 is 1.68 bits per heavy atom. The van der Waals surface area contributed by atoms with Gasteiger partial charge in [0.2, 0.25) is 5.91 Å². The highest BCUT2D eigenvalue weighted by Crippen LogP contribution is 2.12. The van der Waals surface area contributed by atoms with E-state index in [0.29, 0.717) is 13.0 Å². The van der Waals surface area contributed by atoms with Crippen molar-refractivity contribution in [1.29, 1.82) is 0 Å². The number of carbonyl (C=O) groups excluding carboxylic acids is 1. The molecule has 2 aromatic carbocycles. The molecule has 22 heavy (non-hydrogen) atoms. The van der Waals surface area contributed by atoms with Gasteiger partial charge in [-0.3, -0.25) is 4.79 Å². The molecule has 0 saturated heterocycles. The average Bonchev–Trinajstić information content (AvgIpc) is 2.49. The Morgan fingerprint density at radius 3 is 2.36 bits per heavy atom. The van der Waals surface area contributed by atoms with Crippen molar-refractivity contribution in [2.45, 2.75) is 6.42 Å². The highest BCUT2D eigenvalue weighted by molar-refractivity contribution is 5.92. The summed E-state index contributed by atoms with van der Waals surface area (Å²) >= 11 is 0. The zero-order chi connectivity index (χ0) is 15.9. The molecule has 0 aliphatic rings. The second kappa shape index (κ2) is 7.61. The zero-order valence-electron chi connectivity index (χ0n) is 11.7. The smallest absolute Gasteiger partial charge is 0.238 e. The lowest BCUT2D eigenvalue weighted by Gasteiger charge is -2.07. The van der Waals surface area contributed by atoms with E-state index in [1.54, 1.807) is 12.1 Å². The van der Waals surface area contributed by atoms with Gasteiger partial charge in [0.25, 0.3) is 0 Å². The van der Waals surface area contributed by atoms with E-state index in [4.69, 9.17) is 0 Å². The fraction of sp³-hybridized carbons (Fsp3) is 0.188. The van der Waals surface area contributed by atoms with Crippen LogP contribution in [0, 0.1) is 17.5 Å². The van der Waals surface area contributed by atoms with Crippen LogP contribution in [0.2, 0.25) is 0 Å². The first-order valence-corrected chi connectivity index (χ1v) is 6.74. The first-order chi connectivity index (χ1) is 10.5. The van der Waals surface area contributed by atoms with E-state index >= 15 is 0 Å². The molecule has 0 heterocycles. The fourth-order valence-corrected chi connectivity index (χ4v) is 1.86. The third kappa shape index (κ3) is 4.89. The predicted molar refractivity (Wildman–Crippen MR) is 78.0 cm³/mol. The molecule has 0 aromatic heterocycles. The number of rotatable bonds is 6. The molecule has 0 saturated carbocycles. The second-order valence-electron chi connectivity index (χ2n) is 4.73. The lowest BCUT2D eigenvalue weighted by atomic mass is 10.1. The fourth-order valence-electron chi connectivity index (χ4n) is 1.86. The minimum atomic E-state index is -1.01. The number of carbonyl (C=O) groups is 1. The van der Waals surface area contributed by atoms with Gasteiger partial charge in [0.05, 0.1) is 6.54 Å². The van der Waals surface area contributed by atoms with Crippen molar-refractivity contribution in [3.63, 3.8) is 0 Å². The number of hydrogen-bond donors (Lipinski definition) is 2. The molecule has 2 rings (SSSR count). The van der Waals surface area contributed by atoms with E-state index < -0.39 is 11.6 Å². The summed E-state index contributed by atoms with van der Waals surface area (Å²) in [6, 6.07) is 9.28. The molecule has 0 aliphatic heterocycles. The molecule has 0 spiro atoms. The molecule has 0 aliphatic carbocycles. The SMILES string of the molecule is O=C(CNCCc1ccc(F)cc1)Nc1ccc(F)c(F)c1. The Bertz CT molecular complexity index is 644. The maximum atomic E-state index is 13.0. The second-order valence-corrected chi connectivity index (χ2v) is 4.73. The molecule has 0 unspecified atom stereocenters. The lowest BCUT2D eigenvalue weighted by Crippen LogP contribution is -2.29. The number of nitrogens with one attached hydrogen (secondary N) is 2. The minimum Gasteiger partial charge on any atom is -0.325 e. The van der Waals surface area contributed by atoms with Gasteiger partial charge in [-0.05, 0) is 42.8 Å². The van der Waals surface area contributed by atoms with Gasteiger partial charge in [0.1, 0.15) is 5.82 Å². The van der Waals surface area contributed by atoms with Gasteiger partial charge in [-0.15, -0.1) is 0 Å². The maximum absolute atomic E-state index is 13.0. The van der Waals surface area contributed by atoms with Gasteiger partial charge in [-0.2, -0.15) is 0 Å². The average molecular weight is 308 g/mol. The molecule has 2 N–H and O–H groups in total. The van der Waals surface area contributed by atoms with Crippen molar-refractivity contribution in [2.24, 2.45) is 0 Å². The zero-order valence-corrected chi connectivity index (χ0v) is 11.7. The molecular formula is C16H15F3N2O. The van der Waals surface area contributed by atoms with Crippen LogP contribution in [-0.4, -0.2) is 19.0 Å². The standard InChI is InChI=1S/C16H15F3N2O/c17-12-3-1-11(2-4-12)7-8-20-10-16(22)21-13-5-6-14(18)15(19)9-13/h1-6,9,20H,7-8,10H2,(H,21,22). The summed E-state index contributed by atoms with van der Waals surface area (Å²) in [6.45, 7) is 0.580. The van der Waals surface area contributed by atoms with Crippen molar-refractivity contribution < 1.29 is 18.0 Å². The minimum absolute atomic E-state index is 0.0419. The summed E-state index contributed by atoms with van der Waals surface area (Å²) in [6.07, 6.45) is 0.652. The number of benzene rings is 2. The molecule has 3 nitrogen and oxygen atoms in total. The highest BCUT2D eigenvalue weighted by atomic mass is 19.2. The van der Waals surface area contributed by atoms with Crippen molar-refractivity contribution in [2.75, 3.05) is 18.4 Å². The Kier molecular flexibility index (Phi) is 5.55. The topological polar surface area (TPSA) is 41.1 Å².